The topological polar surface area (TPSA) is 0 Å². The van der Waals surface area contributed by atoms with Crippen molar-refractivity contribution in [2.75, 3.05) is 0 Å². The maximum Gasteiger partial charge on any atom is 0 e. The fraction of sp³-hybridized carbons (Fsp3) is 0. The standard InChI is InChI=1S/Bi.3BrH.K/h;3*1H;/q+3;;;;/p-3. The Kier molecular flexibility index (Phi) is 18.7. The van der Waals surface area contributed by atoms with E-state index in [1.165, 1.54) is 0 Å². The molecule has 0 aromatic rings. The van der Waals surface area contributed by atoms with Crippen LogP contribution in [0, 0.1) is 0 Å². The molecule has 5 heteroatoms. The molecule has 27 valence electrons. The molecule has 0 rings (SSSR count). The molecule has 0 saturated carbocycles. The van der Waals surface area contributed by atoms with Crippen molar-refractivity contribution in [3.8, 4) is 0 Å². The molecule has 0 heterocycles. The second-order valence-electron chi connectivity index (χ2n) is 0.192. The Hall–Kier alpha value is 3.96. The molecule has 0 spiro atoms. The Balaban J connectivity index is 0. The van der Waals surface area contributed by atoms with Crippen molar-refractivity contribution in [2.45, 2.75) is 0 Å². The Labute approximate surface area is 99.3 Å². The normalized spacial score (nSPS) is 7.20. The van der Waals surface area contributed by atoms with Crippen LogP contribution in [0.4, 0.5) is 0 Å². The van der Waals surface area contributed by atoms with E-state index < -0.39 is 14.7 Å². The zero-order chi connectivity index (χ0) is 3.58. The van der Waals surface area contributed by atoms with Crippen LogP contribution in [0.1, 0.15) is 0 Å². The minimum Gasteiger partial charge on any atom is 0 e. The first-order chi connectivity index (χ1) is 1.73. The van der Waals surface area contributed by atoms with E-state index in [1.807, 2.05) is 0 Å². The summed E-state index contributed by atoms with van der Waals surface area (Å²) in [6.07, 6.45) is 0. The van der Waals surface area contributed by atoms with E-state index in [9.17, 15) is 0 Å². The number of hydrogen-bond acceptors (Lipinski definition) is 0. The van der Waals surface area contributed by atoms with Crippen LogP contribution >= 0.6 is 36.7 Å². The minimum absolute atomic E-state index is 0. The Morgan fingerprint density at radius 2 is 1.00 bits per heavy atom. The van der Waals surface area contributed by atoms with Gasteiger partial charge in [-0.3, -0.25) is 0 Å². The van der Waals surface area contributed by atoms with Crippen LogP contribution in [0.3, 0.4) is 0 Å². The molecule has 0 N–H and O–H groups in total. The van der Waals surface area contributed by atoms with Crippen LogP contribution in [0.15, 0.2) is 0 Å². The fourth-order valence-electron chi connectivity index (χ4n) is 0. The van der Waals surface area contributed by atoms with Crippen LogP contribution in [-0.4, -0.2) is 66.1 Å². The van der Waals surface area contributed by atoms with Gasteiger partial charge < -0.3 is 0 Å². The average Bonchev–Trinajstić information content (AvgIpc) is 0.811. The van der Waals surface area contributed by atoms with E-state index in [0.717, 1.165) is 0 Å². The SMILES string of the molecule is [Br][Bi]([Br])[Br].[K]. The van der Waals surface area contributed by atoms with Crippen molar-refractivity contribution in [1.29, 1.82) is 0 Å². The van der Waals surface area contributed by atoms with Crippen molar-refractivity contribution >= 4 is 103 Å². The molecule has 0 fully saturated rings. The first-order valence-corrected chi connectivity index (χ1v) is 23.1. The van der Waals surface area contributed by atoms with Gasteiger partial charge >= 0.3 is 51.4 Å². The second kappa shape index (κ2) is 7.96. The van der Waals surface area contributed by atoms with Gasteiger partial charge in [-0.2, -0.15) is 0 Å². The molecule has 0 aliphatic heterocycles. The average molecular weight is 488 g/mol. The minimum atomic E-state index is -1.16. The van der Waals surface area contributed by atoms with Crippen LogP contribution < -0.4 is 0 Å². The summed E-state index contributed by atoms with van der Waals surface area (Å²) in [4.78, 5) is 0. The van der Waals surface area contributed by atoms with Crippen molar-refractivity contribution < 1.29 is 0 Å². The molecule has 0 nitrogen and oxygen atoms in total. The smallest absolute Gasteiger partial charge is 0 e. The summed E-state index contributed by atoms with van der Waals surface area (Å²) in [6.45, 7) is 0. The fourth-order valence-corrected chi connectivity index (χ4v) is 0. The Bertz CT molecular complexity index is 11.6. The summed E-state index contributed by atoms with van der Waals surface area (Å²) in [6, 6.07) is 0. The predicted octanol–water partition coefficient (Wildman–Crippen LogP) is 1.78. The largest absolute Gasteiger partial charge is 0 e. The van der Waals surface area contributed by atoms with Crippen LogP contribution in [0.5, 0.6) is 0 Å². The van der Waals surface area contributed by atoms with Crippen LogP contribution in [-0.2, 0) is 0 Å². The van der Waals surface area contributed by atoms with Crippen LogP contribution in [0.2, 0.25) is 0 Å². The molecule has 0 unspecified atom stereocenters. The molecular weight excluding hydrogens is 488 g/mol. The quantitative estimate of drug-likeness (QED) is 0.457. The molecule has 0 atom stereocenters. The number of halogens is 3. The first kappa shape index (κ1) is 11.7. The molecule has 0 aliphatic carbocycles. The summed E-state index contributed by atoms with van der Waals surface area (Å²) in [5.41, 5.74) is 0. The molecule has 0 aliphatic rings. The van der Waals surface area contributed by atoms with Gasteiger partial charge in [0.25, 0.3) is 0 Å². The molecule has 0 saturated heterocycles. The van der Waals surface area contributed by atoms with Crippen LogP contribution in [0.25, 0.3) is 0 Å². The molecule has 1 radical (unpaired) electrons. The van der Waals surface area contributed by atoms with Gasteiger partial charge in [0, 0.05) is 51.4 Å². The Morgan fingerprint density at radius 3 is 1.00 bits per heavy atom. The maximum absolute atomic E-state index is 3.31. The zero-order valence-electron chi connectivity index (χ0n) is 2.58. The van der Waals surface area contributed by atoms with Crippen molar-refractivity contribution in [3.05, 3.63) is 0 Å². The zero-order valence-corrected chi connectivity index (χ0v) is 13.9. The van der Waals surface area contributed by atoms with Gasteiger partial charge in [0.1, 0.15) is 0 Å². The summed E-state index contributed by atoms with van der Waals surface area (Å²) in [7, 11) is 0. The maximum atomic E-state index is 3.31. The third-order valence-electron chi connectivity index (χ3n) is 0. The number of rotatable bonds is 0. The van der Waals surface area contributed by atoms with Crippen molar-refractivity contribution in [3.63, 3.8) is 0 Å². The predicted molar refractivity (Wildman–Crippen MR) is 38.3 cm³/mol. The van der Waals surface area contributed by atoms with Gasteiger partial charge in [-0.1, -0.05) is 0 Å². The van der Waals surface area contributed by atoms with E-state index in [4.69, 9.17) is 0 Å². The van der Waals surface area contributed by atoms with Gasteiger partial charge in [-0.25, -0.2) is 0 Å². The number of hydrogen-bond donors (Lipinski definition) is 0. The summed E-state index contributed by atoms with van der Waals surface area (Å²) < 4.78 is 0. The van der Waals surface area contributed by atoms with E-state index in [0.29, 0.717) is 0 Å². The van der Waals surface area contributed by atoms with Gasteiger partial charge in [-0.05, 0) is 0 Å². The molecule has 0 amide bonds. The second-order valence-corrected chi connectivity index (χ2v) is 45.4. The van der Waals surface area contributed by atoms with Crippen molar-refractivity contribution in [2.24, 2.45) is 0 Å². The van der Waals surface area contributed by atoms with Crippen molar-refractivity contribution in [1.82, 2.24) is 0 Å². The van der Waals surface area contributed by atoms with E-state index in [-0.39, 0.29) is 51.4 Å². The monoisotopic (exact) mass is 485 g/mol. The van der Waals surface area contributed by atoms with Gasteiger partial charge in [-0.15, -0.1) is 0 Å². The van der Waals surface area contributed by atoms with Gasteiger partial charge in [0.05, 0.1) is 0 Å². The molecular formula is BiBr3K. The third-order valence-corrected chi connectivity index (χ3v) is 0. The summed E-state index contributed by atoms with van der Waals surface area (Å²) in [5, 5.41) is 0. The van der Waals surface area contributed by atoms with E-state index >= 15 is 0 Å². The summed E-state index contributed by atoms with van der Waals surface area (Å²) >= 11 is 8.77. The van der Waals surface area contributed by atoms with E-state index in [1.54, 1.807) is 0 Å². The van der Waals surface area contributed by atoms with Gasteiger partial charge in [0.2, 0.25) is 0 Å². The Morgan fingerprint density at radius 1 is 1.00 bits per heavy atom. The molecule has 0 aromatic carbocycles. The first-order valence-electron chi connectivity index (χ1n) is 0.507. The summed E-state index contributed by atoms with van der Waals surface area (Å²) in [5.74, 6) is 0. The van der Waals surface area contributed by atoms with Gasteiger partial charge in [0.15, 0.2) is 0 Å². The third kappa shape index (κ3) is 18.0. The van der Waals surface area contributed by atoms with E-state index in [2.05, 4.69) is 36.7 Å². The molecule has 0 bridgehead atoms. The molecule has 0 aromatic heterocycles. The molecule has 5 heavy (non-hydrogen) atoms.